The minimum absolute atomic E-state index is 0.121. The number of nitrogens with zero attached hydrogens (tertiary/aromatic N) is 2. The molecule has 2 atom stereocenters. The molecular formula is C28H23N3O3S. The number of thiophene rings is 1. The second kappa shape index (κ2) is 8.36. The maximum Gasteiger partial charge on any atom is 0.337 e. The molecule has 0 saturated heterocycles. The van der Waals surface area contributed by atoms with Gasteiger partial charge in [-0.25, -0.2) is 9.48 Å². The zero-order chi connectivity index (χ0) is 24.1. The summed E-state index contributed by atoms with van der Waals surface area (Å²) in [5, 5.41) is 20.2. The second-order valence-electron chi connectivity index (χ2n) is 8.99. The second-order valence-corrected chi connectivity index (χ2v) is 9.97. The highest BCUT2D eigenvalue weighted by Gasteiger charge is 2.41. The van der Waals surface area contributed by atoms with Crippen molar-refractivity contribution in [2.75, 3.05) is 5.32 Å². The van der Waals surface area contributed by atoms with Crippen LogP contribution in [0.15, 0.2) is 83.4 Å². The molecule has 0 amide bonds. The van der Waals surface area contributed by atoms with E-state index in [1.54, 1.807) is 34.2 Å². The number of aryl methyl sites for hydroxylation is 1. The van der Waals surface area contributed by atoms with Crippen LogP contribution in [0.5, 0.6) is 0 Å². The van der Waals surface area contributed by atoms with Crippen molar-refractivity contribution >= 4 is 28.9 Å². The summed E-state index contributed by atoms with van der Waals surface area (Å²) in [6, 6.07) is 21.0. The van der Waals surface area contributed by atoms with Crippen molar-refractivity contribution in [3.8, 4) is 5.69 Å². The van der Waals surface area contributed by atoms with Gasteiger partial charge in [0.1, 0.15) is 5.82 Å². The molecule has 0 saturated carbocycles. The molecular weight excluding hydrogens is 458 g/mol. The summed E-state index contributed by atoms with van der Waals surface area (Å²) >= 11 is 1.68. The number of carboxylic acid groups (broad SMARTS) is 1. The Bertz CT molecular complexity index is 1490. The fraction of sp³-hybridized carbons (Fsp3) is 0.179. The SMILES string of the molecule is Cc1nn(-c2ccccc2C(=O)O)c2c1[C@H](c1ccccc1)C1=C(C[C@H](c3cccs3)CC1=O)N2. The van der Waals surface area contributed by atoms with Crippen molar-refractivity contribution in [3.63, 3.8) is 0 Å². The standard InChI is InChI=1S/C28H23N3O3S/c1-16-24-25(17-8-3-2-4-9-17)26-20(14-18(15-22(26)32)23-12-7-13-35-23)29-27(24)31(30-16)21-11-6-5-10-19(21)28(33)34/h2-13,18,25,29H,14-15H2,1H3,(H,33,34)/t18-,25-/m0/s1. The lowest BCUT2D eigenvalue weighted by Crippen LogP contribution is -2.30. The predicted molar refractivity (Wildman–Crippen MR) is 135 cm³/mol. The number of hydrogen-bond acceptors (Lipinski definition) is 5. The molecule has 0 fully saturated rings. The van der Waals surface area contributed by atoms with Gasteiger partial charge in [-0.05, 0) is 42.5 Å². The van der Waals surface area contributed by atoms with E-state index < -0.39 is 5.97 Å². The Labute approximate surface area is 206 Å². The molecule has 2 aromatic carbocycles. The van der Waals surface area contributed by atoms with E-state index in [0.29, 0.717) is 12.1 Å². The third kappa shape index (κ3) is 3.51. The lowest BCUT2D eigenvalue weighted by atomic mass is 9.73. The van der Waals surface area contributed by atoms with Crippen molar-refractivity contribution in [1.29, 1.82) is 0 Å². The van der Waals surface area contributed by atoms with E-state index in [4.69, 9.17) is 5.10 Å². The van der Waals surface area contributed by atoms with Crippen LogP contribution >= 0.6 is 11.3 Å². The summed E-state index contributed by atoms with van der Waals surface area (Å²) in [5.74, 6) is -0.276. The normalized spacial score (nSPS) is 19.2. The minimum Gasteiger partial charge on any atom is -0.478 e. The molecule has 35 heavy (non-hydrogen) atoms. The van der Waals surface area contributed by atoms with E-state index in [-0.39, 0.29) is 23.2 Å². The zero-order valence-electron chi connectivity index (χ0n) is 19.1. The summed E-state index contributed by atoms with van der Waals surface area (Å²) in [5.41, 5.74) is 5.07. The number of para-hydroxylation sites is 1. The monoisotopic (exact) mass is 481 g/mol. The molecule has 174 valence electrons. The van der Waals surface area contributed by atoms with Crippen LogP contribution in [0.1, 0.15) is 56.7 Å². The van der Waals surface area contributed by atoms with Crippen LogP contribution in [-0.4, -0.2) is 26.6 Å². The van der Waals surface area contributed by atoms with Gasteiger partial charge in [-0.3, -0.25) is 4.79 Å². The smallest absolute Gasteiger partial charge is 0.337 e. The number of carbonyl (C=O) groups is 2. The quantitative estimate of drug-likeness (QED) is 0.379. The first kappa shape index (κ1) is 21.6. The largest absolute Gasteiger partial charge is 0.478 e. The Hall–Kier alpha value is -3.97. The fourth-order valence-corrected chi connectivity index (χ4v) is 6.22. The highest BCUT2D eigenvalue weighted by Crippen LogP contribution is 2.49. The van der Waals surface area contributed by atoms with Crippen LogP contribution in [0.2, 0.25) is 0 Å². The van der Waals surface area contributed by atoms with Crippen molar-refractivity contribution < 1.29 is 14.7 Å². The predicted octanol–water partition coefficient (Wildman–Crippen LogP) is 5.90. The summed E-state index contributed by atoms with van der Waals surface area (Å²) in [6.07, 6.45) is 1.20. The number of ketones is 1. The molecule has 1 aliphatic heterocycles. The molecule has 7 heteroatoms. The van der Waals surface area contributed by atoms with Gasteiger partial charge in [0.2, 0.25) is 0 Å². The van der Waals surface area contributed by atoms with Crippen molar-refractivity contribution in [1.82, 2.24) is 9.78 Å². The van der Waals surface area contributed by atoms with Crippen LogP contribution in [0.4, 0.5) is 5.82 Å². The van der Waals surface area contributed by atoms with Gasteiger partial charge < -0.3 is 10.4 Å². The Morgan fingerprint density at radius 1 is 1.06 bits per heavy atom. The summed E-state index contributed by atoms with van der Waals surface area (Å²) < 4.78 is 1.69. The first-order valence-electron chi connectivity index (χ1n) is 11.6. The van der Waals surface area contributed by atoms with Gasteiger partial charge in [0, 0.05) is 40.0 Å². The molecule has 0 spiro atoms. The van der Waals surface area contributed by atoms with E-state index in [0.717, 1.165) is 40.3 Å². The van der Waals surface area contributed by atoms with Crippen molar-refractivity contribution in [2.24, 2.45) is 0 Å². The Kier molecular flexibility index (Phi) is 5.15. The number of benzene rings is 2. The lowest BCUT2D eigenvalue weighted by molar-refractivity contribution is -0.116. The number of nitrogens with one attached hydrogen (secondary N) is 1. The number of anilines is 1. The first-order valence-corrected chi connectivity index (χ1v) is 12.4. The number of allylic oxidation sites excluding steroid dienone is 2. The number of fused-ring (bicyclic) bond motifs is 1. The molecule has 2 aromatic heterocycles. The number of carboxylic acids is 1. The molecule has 0 unspecified atom stereocenters. The molecule has 4 aromatic rings. The molecule has 1 aliphatic carbocycles. The summed E-state index contributed by atoms with van der Waals surface area (Å²) in [6.45, 7) is 1.92. The number of Topliss-reactive ketones (excluding diaryl/α,β-unsaturated/α-hetero) is 1. The lowest BCUT2D eigenvalue weighted by Gasteiger charge is -2.35. The van der Waals surface area contributed by atoms with Gasteiger partial charge in [0.05, 0.1) is 16.9 Å². The Morgan fingerprint density at radius 2 is 1.83 bits per heavy atom. The van der Waals surface area contributed by atoms with Crippen LogP contribution in [0.25, 0.3) is 5.69 Å². The number of aromatic carboxylic acids is 1. The van der Waals surface area contributed by atoms with Gasteiger partial charge in [-0.15, -0.1) is 11.3 Å². The van der Waals surface area contributed by atoms with Crippen molar-refractivity contribution in [2.45, 2.75) is 31.6 Å². The third-order valence-corrected chi connectivity index (χ3v) is 7.94. The first-order chi connectivity index (χ1) is 17.0. The number of aromatic nitrogens is 2. The average molecular weight is 482 g/mol. The molecule has 6 nitrogen and oxygen atoms in total. The summed E-state index contributed by atoms with van der Waals surface area (Å²) in [7, 11) is 0. The van der Waals surface area contributed by atoms with E-state index in [1.807, 2.05) is 54.8 Å². The highest BCUT2D eigenvalue weighted by atomic mass is 32.1. The van der Waals surface area contributed by atoms with Crippen LogP contribution in [0.3, 0.4) is 0 Å². The Morgan fingerprint density at radius 3 is 2.57 bits per heavy atom. The van der Waals surface area contributed by atoms with E-state index in [9.17, 15) is 14.7 Å². The van der Waals surface area contributed by atoms with Crippen molar-refractivity contribution in [3.05, 3.63) is 111 Å². The van der Waals surface area contributed by atoms with Crippen LogP contribution in [-0.2, 0) is 4.79 Å². The van der Waals surface area contributed by atoms with E-state index in [2.05, 4.69) is 11.4 Å². The summed E-state index contributed by atoms with van der Waals surface area (Å²) in [4.78, 5) is 26.9. The molecule has 2 N–H and O–H groups in total. The maximum absolute atomic E-state index is 13.7. The zero-order valence-corrected chi connectivity index (χ0v) is 19.9. The van der Waals surface area contributed by atoms with Gasteiger partial charge >= 0.3 is 5.97 Å². The molecule has 6 rings (SSSR count). The Balaban J connectivity index is 1.56. The number of carbonyl (C=O) groups excluding carboxylic acids is 1. The molecule has 0 bridgehead atoms. The van der Waals surface area contributed by atoms with Gasteiger partial charge in [-0.2, -0.15) is 5.10 Å². The number of rotatable bonds is 4. The topological polar surface area (TPSA) is 84.2 Å². The molecule has 3 heterocycles. The van der Waals surface area contributed by atoms with Gasteiger partial charge in [0.15, 0.2) is 5.78 Å². The maximum atomic E-state index is 13.7. The van der Waals surface area contributed by atoms with Gasteiger partial charge in [-0.1, -0.05) is 48.5 Å². The molecule has 2 aliphatic rings. The highest BCUT2D eigenvalue weighted by molar-refractivity contribution is 7.10. The minimum atomic E-state index is -1.01. The average Bonchev–Trinajstić information content (AvgIpc) is 3.52. The van der Waals surface area contributed by atoms with Crippen LogP contribution in [0, 0.1) is 6.92 Å². The third-order valence-electron chi connectivity index (χ3n) is 6.90. The number of hydrogen-bond donors (Lipinski definition) is 2. The fourth-order valence-electron chi connectivity index (χ4n) is 5.39. The van der Waals surface area contributed by atoms with E-state index >= 15 is 0 Å². The molecule has 0 radical (unpaired) electrons. The van der Waals surface area contributed by atoms with Gasteiger partial charge in [0.25, 0.3) is 0 Å². The van der Waals surface area contributed by atoms with E-state index in [1.165, 1.54) is 4.88 Å². The van der Waals surface area contributed by atoms with Crippen LogP contribution < -0.4 is 5.32 Å².